The molecule has 158 valence electrons. The highest BCUT2D eigenvalue weighted by Crippen LogP contribution is 2.38. The number of pyridine rings is 1. The molecule has 1 unspecified atom stereocenters. The minimum absolute atomic E-state index is 0.190. The van der Waals surface area contributed by atoms with E-state index in [1.165, 1.54) is 18.3 Å². The Labute approximate surface area is 183 Å². The summed E-state index contributed by atoms with van der Waals surface area (Å²) in [6.07, 6.45) is 0.260. The second kappa shape index (κ2) is 8.35. The van der Waals surface area contributed by atoms with Crippen LogP contribution < -0.4 is 10.1 Å². The molecule has 4 rings (SSSR count). The molecule has 0 aliphatic carbocycles. The molecular weight excluding hydrogens is 412 g/mol. The van der Waals surface area contributed by atoms with Crippen LogP contribution in [0.15, 0.2) is 60.7 Å². The molecule has 2 aromatic heterocycles. The lowest BCUT2D eigenvalue weighted by Gasteiger charge is -2.24. The number of carbonyl (C=O) groups excluding carboxylic acids is 1. The van der Waals surface area contributed by atoms with Crippen molar-refractivity contribution in [1.82, 2.24) is 10.3 Å². The van der Waals surface area contributed by atoms with Crippen LogP contribution in [0.1, 0.15) is 35.6 Å². The maximum absolute atomic E-state index is 13.0. The van der Waals surface area contributed by atoms with Gasteiger partial charge in [0.05, 0.1) is 11.2 Å². The summed E-state index contributed by atoms with van der Waals surface area (Å²) in [5.41, 5.74) is 0.255. The molecule has 2 aromatic carbocycles. The van der Waals surface area contributed by atoms with Gasteiger partial charge in [-0.25, -0.2) is 9.78 Å². The first-order valence-corrected chi connectivity index (χ1v) is 10.8. The summed E-state index contributed by atoms with van der Waals surface area (Å²) in [6.45, 7) is 3.41. The molecule has 0 saturated heterocycles. The van der Waals surface area contributed by atoms with Crippen molar-refractivity contribution in [2.24, 2.45) is 0 Å². The van der Waals surface area contributed by atoms with Gasteiger partial charge in [-0.2, -0.15) is 0 Å². The van der Waals surface area contributed by atoms with Gasteiger partial charge in [0, 0.05) is 15.5 Å². The van der Waals surface area contributed by atoms with Gasteiger partial charge in [-0.05, 0) is 37.6 Å². The number of carboxylic acids is 1. The molecule has 2 N–H and O–H groups in total. The first kappa shape index (κ1) is 20.8. The number of carboxylic acid groups (broad SMARTS) is 1. The topological polar surface area (TPSA) is 88.5 Å². The number of rotatable bonds is 7. The van der Waals surface area contributed by atoms with Crippen LogP contribution in [0.3, 0.4) is 0 Å². The molecule has 31 heavy (non-hydrogen) atoms. The van der Waals surface area contributed by atoms with E-state index < -0.39 is 17.4 Å². The number of thiophene rings is 1. The Morgan fingerprint density at radius 1 is 1.10 bits per heavy atom. The molecule has 0 bridgehead atoms. The molecule has 6 nitrogen and oxygen atoms in total. The Morgan fingerprint density at radius 2 is 1.84 bits per heavy atom. The number of aliphatic carboxylic acids is 1. The van der Waals surface area contributed by atoms with Gasteiger partial charge in [-0.3, -0.25) is 4.79 Å². The van der Waals surface area contributed by atoms with Crippen molar-refractivity contribution in [3.05, 3.63) is 71.2 Å². The number of hydrogen-bond acceptors (Lipinski definition) is 5. The summed E-state index contributed by atoms with van der Waals surface area (Å²) in [5.74, 6) is -1.10. The highest BCUT2D eigenvalue weighted by Gasteiger charge is 2.34. The highest BCUT2D eigenvalue weighted by molar-refractivity contribution is 7.21. The second-order valence-electron chi connectivity index (χ2n) is 7.49. The first-order chi connectivity index (χ1) is 14.9. The van der Waals surface area contributed by atoms with E-state index in [9.17, 15) is 14.7 Å². The fraction of sp³-hybridized carbons (Fsp3) is 0.208. The predicted molar refractivity (Wildman–Crippen MR) is 122 cm³/mol. The Morgan fingerprint density at radius 3 is 2.61 bits per heavy atom. The quantitative estimate of drug-likeness (QED) is 0.427. The Balaban J connectivity index is 1.66. The van der Waals surface area contributed by atoms with Crippen LogP contribution in [-0.2, 0) is 11.4 Å². The van der Waals surface area contributed by atoms with E-state index in [2.05, 4.69) is 10.3 Å². The van der Waals surface area contributed by atoms with E-state index in [0.717, 1.165) is 26.7 Å². The van der Waals surface area contributed by atoms with E-state index >= 15 is 0 Å². The lowest BCUT2D eigenvalue weighted by Crippen LogP contribution is -2.51. The minimum Gasteiger partial charge on any atom is -0.485 e. The smallest absolute Gasteiger partial charge is 0.329 e. The standard InChI is InChI=1S/C24H22N2O4S/c1-3-24(2,23(28)29)26-22(27)21-20(17-9-5-7-11-19(17)31-21)30-14-16-13-12-15-8-4-6-10-18(15)25-16/h4-13H,3,14H2,1-2H3,(H,26,27)(H,28,29). The summed E-state index contributed by atoms with van der Waals surface area (Å²) in [4.78, 5) is 29.7. The predicted octanol–water partition coefficient (Wildman–Crippen LogP) is 5.01. The van der Waals surface area contributed by atoms with Crippen molar-refractivity contribution in [1.29, 1.82) is 0 Å². The van der Waals surface area contributed by atoms with Crippen molar-refractivity contribution in [3.63, 3.8) is 0 Å². The molecule has 1 atom stereocenters. The van der Waals surface area contributed by atoms with Gasteiger partial charge in [-0.1, -0.05) is 43.3 Å². The number of hydrogen-bond donors (Lipinski definition) is 2. The highest BCUT2D eigenvalue weighted by atomic mass is 32.1. The molecule has 0 saturated carbocycles. The molecule has 0 aliphatic heterocycles. The Hall–Kier alpha value is -3.45. The van der Waals surface area contributed by atoms with Crippen LogP contribution in [0.25, 0.3) is 21.0 Å². The maximum Gasteiger partial charge on any atom is 0.329 e. The molecule has 7 heteroatoms. The van der Waals surface area contributed by atoms with Crippen molar-refractivity contribution < 1.29 is 19.4 Å². The van der Waals surface area contributed by atoms with Crippen molar-refractivity contribution in [2.45, 2.75) is 32.4 Å². The van der Waals surface area contributed by atoms with Gasteiger partial charge >= 0.3 is 5.97 Å². The summed E-state index contributed by atoms with van der Waals surface area (Å²) in [7, 11) is 0. The number of amides is 1. The number of aromatic nitrogens is 1. The largest absolute Gasteiger partial charge is 0.485 e. The van der Waals surface area contributed by atoms with Gasteiger partial charge in [0.1, 0.15) is 17.0 Å². The third-order valence-corrected chi connectivity index (χ3v) is 6.50. The molecule has 0 spiro atoms. The maximum atomic E-state index is 13.0. The van der Waals surface area contributed by atoms with E-state index in [-0.39, 0.29) is 13.0 Å². The van der Waals surface area contributed by atoms with E-state index in [0.29, 0.717) is 10.6 Å². The number of benzene rings is 2. The normalized spacial score (nSPS) is 13.1. The number of fused-ring (bicyclic) bond motifs is 2. The average Bonchev–Trinajstić information content (AvgIpc) is 3.16. The third-order valence-electron chi connectivity index (χ3n) is 5.35. The number of nitrogens with one attached hydrogen (secondary N) is 1. The minimum atomic E-state index is -1.36. The number of ether oxygens (including phenoxy) is 1. The van der Waals surface area contributed by atoms with Crippen LogP contribution in [-0.4, -0.2) is 27.5 Å². The van der Waals surface area contributed by atoms with Gasteiger partial charge in [0.15, 0.2) is 5.75 Å². The lowest BCUT2D eigenvalue weighted by atomic mass is 9.99. The van der Waals surface area contributed by atoms with Crippen molar-refractivity contribution in [2.75, 3.05) is 0 Å². The molecule has 0 fully saturated rings. The van der Waals surface area contributed by atoms with Crippen LogP contribution >= 0.6 is 11.3 Å². The van der Waals surface area contributed by atoms with Crippen LogP contribution in [0.2, 0.25) is 0 Å². The molecule has 0 radical (unpaired) electrons. The lowest BCUT2D eigenvalue weighted by molar-refractivity contribution is -0.143. The zero-order valence-corrected chi connectivity index (χ0v) is 18.0. The zero-order chi connectivity index (χ0) is 22.0. The van der Waals surface area contributed by atoms with Crippen LogP contribution in [0.4, 0.5) is 0 Å². The van der Waals surface area contributed by atoms with Gasteiger partial charge in [0.2, 0.25) is 0 Å². The SMILES string of the molecule is CCC(C)(NC(=O)c1sc2ccccc2c1OCc1ccc2ccccc2n1)C(=O)O. The Bertz CT molecular complexity index is 1280. The molecule has 1 amide bonds. The fourth-order valence-corrected chi connectivity index (χ4v) is 4.29. The number of carbonyl (C=O) groups is 2. The number of nitrogens with zero attached hydrogens (tertiary/aromatic N) is 1. The third kappa shape index (κ3) is 4.09. The van der Waals surface area contributed by atoms with E-state index in [1.807, 2.05) is 60.7 Å². The molecular formula is C24H22N2O4S. The second-order valence-corrected chi connectivity index (χ2v) is 8.54. The Kier molecular flexibility index (Phi) is 5.61. The van der Waals surface area contributed by atoms with E-state index in [4.69, 9.17) is 4.74 Å². The molecule has 4 aromatic rings. The molecule has 2 heterocycles. The van der Waals surface area contributed by atoms with Crippen LogP contribution in [0, 0.1) is 0 Å². The fourth-order valence-electron chi connectivity index (χ4n) is 3.25. The zero-order valence-electron chi connectivity index (χ0n) is 17.2. The van der Waals surface area contributed by atoms with E-state index in [1.54, 1.807) is 6.92 Å². The van der Waals surface area contributed by atoms with Gasteiger partial charge in [-0.15, -0.1) is 11.3 Å². The van der Waals surface area contributed by atoms with Crippen molar-refractivity contribution >= 4 is 44.2 Å². The average molecular weight is 435 g/mol. The monoisotopic (exact) mass is 434 g/mol. The summed E-state index contributed by atoms with van der Waals surface area (Å²) in [6, 6.07) is 19.3. The molecule has 0 aliphatic rings. The van der Waals surface area contributed by atoms with Gasteiger partial charge < -0.3 is 15.2 Å². The summed E-state index contributed by atoms with van der Waals surface area (Å²) in [5, 5.41) is 14.0. The van der Waals surface area contributed by atoms with Gasteiger partial charge in [0.25, 0.3) is 5.91 Å². The number of para-hydroxylation sites is 1. The first-order valence-electron chi connectivity index (χ1n) is 9.96. The van der Waals surface area contributed by atoms with Crippen LogP contribution in [0.5, 0.6) is 5.75 Å². The summed E-state index contributed by atoms with van der Waals surface area (Å²) >= 11 is 1.28. The van der Waals surface area contributed by atoms with Crippen molar-refractivity contribution in [3.8, 4) is 5.75 Å². The summed E-state index contributed by atoms with van der Waals surface area (Å²) < 4.78 is 6.99.